The quantitative estimate of drug-likeness (QED) is 0.764. The maximum atomic E-state index is 9.73. The number of nitrogen functional groups attached to an aromatic ring is 1. The van der Waals surface area contributed by atoms with Crippen molar-refractivity contribution >= 4 is 11.4 Å². The zero-order valence-electron chi connectivity index (χ0n) is 10.4. The Balaban J connectivity index is 2.23. The van der Waals surface area contributed by atoms with Crippen molar-refractivity contribution in [2.75, 3.05) is 30.8 Å². The Morgan fingerprint density at radius 1 is 1.47 bits per heavy atom. The lowest BCUT2D eigenvalue weighted by Crippen LogP contribution is -2.42. The second-order valence-electron chi connectivity index (χ2n) is 4.67. The first-order chi connectivity index (χ1) is 8.13. The van der Waals surface area contributed by atoms with Crippen LogP contribution < -0.4 is 15.4 Å². The molecule has 0 bridgehead atoms. The summed E-state index contributed by atoms with van der Waals surface area (Å²) < 4.78 is 5.22. The first kappa shape index (κ1) is 12.0. The molecule has 94 valence electrons. The topological polar surface area (TPSA) is 58.7 Å². The van der Waals surface area contributed by atoms with E-state index in [1.54, 1.807) is 7.11 Å². The van der Waals surface area contributed by atoms with Gasteiger partial charge in [0, 0.05) is 13.1 Å². The van der Waals surface area contributed by atoms with Crippen LogP contribution in [0.3, 0.4) is 0 Å². The fourth-order valence-electron chi connectivity index (χ4n) is 2.34. The molecule has 4 heteroatoms. The highest BCUT2D eigenvalue weighted by Crippen LogP contribution is 2.34. The average Bonchev–Trinajstić information content (AvgIpc) is 2.33. The summed E-state index contributed by atoms with van der Waals surface area (Å²) in [5, 5.41) is 9.73. The van der Waals surface area contributed by atoms with Crippen LogP contribution in [0.15, 0.2) is 18.2 Å². The van der Waals surface area contributed by atoms with Gasteiger partial charge in [0.15, 0.2) is 0 Å². The number of nitrogens with zero attached hydrogens (tertiary/aromatic N) is 1. The molecule has 1 heterocycles. The molecule has 1 aliphatic heterocycles. The number of ether oxygens (including phenoxy) is 1. The molecule has 3 N–H and O–H groups in total. The molecule has 0 amide bonds. The Morgan fingerprint density at radius 3 is 2.88 bits per heavy atom. The molecule has 1 aromatic rings. The first-order valence-corrected chi connectivity index (χ1v) is 5.99. The third kappa shape index (κ3) is 2.31. The average molecular weight is 236 g/mol. The Hall–Kier alpha value is -1.42. The summed E-state index contributed by atoms with van der Waals surface area (Å²) in [6.45, 7) is 3.73. The van der Waals surface area contributed by atoms with Crippen molar-refractivity contribution in [3.8, 4) is 5.75 Å². The van der Waals surface area contributed by atoms with Gasteiger partial charge in [-0.2, -0.15) is 0 Å². The monoisotopic (exact) mass is 236 g/mol. The van der Waals surface area contributed by atoms with Crippen LogP contribution in [0.25, 0.3) is 0 Å². The molecule has 1 saturated heterocycles. The predicted molar refractivity (Wildman–Crippen MR) is 69.4 cm³/mol. The molecule has 2 rings (SSSR count). The minimum absolute atomic E-state index is 0.196. The third-order valence-corrected chi connectivity index (χ3v) is 3.46. The lowest BCUT2D eigenvalue weighted by atomic mass is 9.96. The summed E-state index contributed by atoms with van der Waals surface area (Å²) in [6.07, 6.45) is 0.593. The van der Waals surface area contributed by atoms with Gasteiger partial charge in [0.2, 0.25) is 0 Å². The molecule has 0 spiro atoms. The highest BCUT2D eigenvalue weighted by molar-refractivity contribution is 5.74. The predicted octanol–water partition coefficient (Wildman–Crippen LogP) is 1.48. The second-order valence-corrected chi connectivity index (χ2v) is 4.67. The molecule has 0 saturated carbocycles. The van der Waals surface area contributed by atoms with Gasteiger partial charge in [0.1, 0.15) is 5.75 Å². The molecule has 0 radical (unpaired) electrons. The van der Waals surface area contributed by atoms with Crippen molar-refractivity contribution in [2.45, 2.75) is 19.4 Å². The maximum Gasteiger partial charge on any atom is 0.143 e. The van der Waals surface area contributed by atoms with E-state index in [0.717, 1.165) is 25.2 Å². The number of para-hydroxylation sites is 1. The molecule has 1 fully saturated rings. The van der Waals surface area contributed by atoms with Crippen LogP contribution in [0.2, 0.25) is 0 Å². The van der Waals surface area contributed by atoms with E-state index in [4.69, 9.17) is 10.5 Å². The van der Waals surface area contributed by atoms with Gasteiger partial charge in [0.05, 0.1) is 24.6 Å². The number of rotatable bonds is 2. The number of piperidine rings is 1. The van der Waals surface area contributed by atoms with Crippen LogP contribution in [-0.4, -0.2) is 31.4 Å². The van der Waals surface area contributed by atoms with E-state index in [0.29, 0.717) is 11.4 Å². The van der Waals surface area contributed by atoms with Crippen molar-refractivity contribution in [1.29, 1.82) is 0 Å². The molecule has 1 aromatic carbocycles. The molecule has 0 aromatic heterocycles. The van der Waals surface area contributed by atoms with Crippen LogP contribution in [0.5, 0.6) is 5.75 Å². The van der Waals surface area contributed by atoms with Crippen LogP contribution in [0.4, 0.5) is 11.4 Å². The highest BCUT2D eigenvalue weighted by Gasteiger charge is 2.25. The van der Waals surface area contributed by atoms with Gasteiger partial charge < -0.3 is 20.5 Å². The number of methoxy groups -OCH3 is 1. The van der Waals surface area contributed by atoms with Crippen LogP contribution in [-0.2, 0) is 0 Å². The standard InChI is InChI=1S/C13H20N2O2/c1-9-8-15(7-6-11(9)16)10-4-3-5-12(17-2)13(10)14/h3-5,9,11,16H,6-8,14H2,1-2H3. The van der Waals surface area contributed by atoms with Crippen molar-refractivity contribution in [3.63, 3.8) is 0 Å². The third-order valence-electron chi connectivity index (χ3n) is 3.46. The molecule has 0 aliphatic carbocycles. The zero-order valence-corrected chi connectivity index (χ0v) is 10.4. The number of hydrogen-bond donors (Lipinski definition) is 2. The number of benzene rings is 1. The van der Waals surface area contributed by atoms with E-state index in [2.05, 4.69) is 11.8 Å². The molecule has 17 heavy (non-hydrogen) atoms. The lowest BCUT2D eigenvalue weighted by molar-refractivity contribution is 0.0971. The van der Waals surface area contributed by atoms with Gasteiger partial charge in [-0.3, -0.25) is 0 Å². The van der Waals surface area contributed by atoms with Crippen LogP contribution in [0, 0.1) is 5.92 Å². The van der Waals surface area contributed by atoms with E-state index in [1.165, 1.54) is 0 Å². The van der Waals surface area contributed by atoms with E-state index < -0.39 is 0 Å². The molecule has 4 nitrogen and oxygen atoms in total. The fourth-order valence-corrected chi connectivity index (χ4v) is 2.34. The number of nitrogens with two attached hydrogens (primary N) is 1. The van der Waals surface area contributed by atoms with Crippen molar-refractivity contribution in [1.82, 2.24) is 0 Å². The summed E-state index contributed by atoms with van der Waals surface area (Å²) in [6, 6.07) is 5.81. The summed E-state index contributed by atoms with van der Waals surface area (Å²) in [5.41, 5.74) is 7.76. The van der Waals surface area contributed by atoms with Crippen LogP contribution >= 0.6 is 0 Å². The maximum absolute atomic E-state index is 9.73. The number of aliphatic hydroxyl groups is 1. The van der Waals surface area contributed by atoms with Crippen molar-refractivity contribution in [2.24, 2.45) is 5.92 Å². The Labute approximate surface area is 102 Å². The number of aliphatic hydroxyl groups excluding tert-OH is 1. The molecule has 2 atom stereocenters. The minimum atomic E-state index is -0.196. The van der Waals surface area contributed by atoms with E-state index in [9.17, 15) is 5.11 Å². The normalized spacial score (nSPS) is 24.8. The van der Waals surface area contributed by atoms with Gasteiger partial charge in [-0.05, 0) is 24.5 Å². The summed E-state index contributed by atoms with van der Waals surface area (Å²) >= 11 is 0. The van der Waals surface area contributed by atoms with Crippen molar-refractivity contribution < 1.29 is 9.84 Å². The zero-order chi connectivity index (χ0) is 12.4. The summed E-state index contributed by atoms with van der Waals surface area (Å²) in [5.74, 6) is 0.982. The molecule has 2 unspecified atom stereocenters. The van der Waals surface area contributed by atoms with Gasteiger partial charge >= 0.3 is 0 Å². The molecule has 1 aliphatic rings. The molecular formula is C13H20N2O2. The summed E-state index contributed by atoms with van der Waals surface area (Å²) in [7, 11) is 1.62. The van der Waals surface area contributed by atoms with Crippen LogP contribution in [0.1, 0.15) is 13.3 Å². The number of hydrogen-bond acceptors (Lipinski definition) is 4. The van der Waals surface area contributed by atoms with E-state index in [-0.39, 0.29) is 12.0 Å². The Morgan fingerprint density at radius 2 is 2.24 bits per heavy atom. The van der Waals surface area contributed by atoms with Gasteiger partial charge in [0.25, 0.3) is 0 Å². The minimum Gasteiger partial charge on any atom is -0.495 e. The van der Waals surface area contributed by atoms with Gasteiger partial charge in [-0.15, -0.1) is 0 Å². The second kappa shape index (κ2) is 4.84. The smallest absolute Gasteiger partial charge is 0.143 e. The molecular weight excluding hydrogens is 216 g/mol. The largest absolute Gasteiger partial charge is 0.495 e. The van der Waals surface area contributed by atoms with E-state index >= 15 is 0 Å². The number of anilines is 2. The summed E-state index contributed by atoms with van der Waals surface area (Å²) in [4.78, 5) is 2.22. The fraction of sp³-hybridized carbons (Fsp3) is 0.538. The first-order valence-electron chi connectivity index (χ1n) is 5.99. The van der Waals surface area contributed by atoms with E-state index in [1.807, 2.05) is 18.2 Å². The Kier molecular flexibility index (Phi) is 3.43. The SMILES string of the molecule is COc1cccc(N2CCC(O)C(C)C2)c1N. The van der Waals surface area contributed by atoms with Gasteiger partial charge in [-0.1, -0.05) is 13.0 Å². The lowest BCUT2D eigenvalue weighted by Gasteiger charge is -2.36. The van der Waals surface area contributed by atoms with Crippen molar-refractivity contribution in [3.05, 3.63) is 18.2 Å². The highest BCUT2D eigenvalue weighted by atomic mass is 16.5. The Bertz CT molecular complexity index is 395. The van der Waals surface area contributed by atoms with Gasteiger partial charge in [-0.25, -0.2) is 0 Å².